The molecule has 0 aliphatic heterocycles. The number of benzene rings is 11. The number of rotatable bonds is 10. The van der Waals surface area contributed by atoms with E-state index < -0.39 is 0 Å². The summed E-state index contributed by atoms with van der Waals surface area (Å²) >= 11 is 0. The fourth-order valence-electron chi connectivity index (χ4n) is 10.0. The van der Waals surface area contributed by atoms with Crippen molar-refractivity contribution < 1.29 is 0 Å². The molecule has 0 N–H and O–H groups in total. The summed E-state index contributed by atoms with van der Waals surface area (Å²) in [6.45, 7) is 0. The number of anilines is 3. The third kappa shape index (κ3) is 7.54. The summed E-state index contributed by atoms with van der Waals surface area (Å²) in [6.07, 6.45) is 0. The number of fused-ring (bicyclic) bond motifs is 3. The third-order valence-corrected chi connectivity index (χ3v) is 13.2. The number of hydrogen-bond donors (Lipinski definition) is 0. The van der Waals surface area contributed by atoms with Gasteiger partial charge in [0.2, 0.25) is 0 Å². The van der Waals surface area contributed by atoms with Gasteiger partial charge in [0.1, 0.15) is 0 Å². The maximum atomic E-state index is 2.45. The molecule has 0 bridgehead atoms. The van der Waals surface area contributed by atoms with Gasteiger partial charge in [-0.25, -0.2) is 0 Å². The molecule has 0 aliphatic carbocycles. The lowest BCUT2D eigenvalue weighted by atomic mass is 9.88. The number of aromatic nitrogens is 1. The molecule has 0 amide bonds. The summed E-state index contributed by atoms with van der Waals surface area (Å²) in [4.78, 5) is 2.45. The van der Waals surface area contributed by atoms with Crippen LogP contribution in [0, 0.1) is 0 Å². The molecule has 2 nitrogen and oxygen atoms in total. The monoisotopic (exact) mass is 866 g/mol. The normalized spacial score (nSPS) is 11.2. The second kappa shape index (κ2) is 17.8. The molecule has 1 heterocycles. The fourth-order valence-corrected chi connectivity index (χ4v) is 10.0. The van der Waals surface area contributed by atoms with Crippen LogP contribution in [-0.4, -0.2) is 4.57 Å². The quantitative estimate of drug-likeness (QED) is 0.133. The first-order valence-corrected chi connectivity index (χ1v) is 23.3. The lowest BCUT2D eigenvalue weighted by molar-refractivity contribution is 1.18. The standard InChI is InChI=1S/C66H46N2/c1-5-21-47(22-6-1)51-43-52(48-23-7-2-8-24-48)45-53(44-51)49-37-39-55(40-38-49)67(56-41-42-63-62-34-18-20-36-65(62)68(66(63)46-56)54-27-11-4-12-28-54)64-35-19-17-33-61(64)60-32-16-15-31-59(60)58-30-14-13-29-57(58)50-25-9-3-10-26-50/h1-46H. The maximum Gasteiger partial charge on any atom is 0.0561 e. The Hall–Kier alpha value is -8.98. The molecule has 68 heavy (non-hydrogen) atoms. The minimum absolute atomic E-state index is 1.06. The Morgan fingerprint density at radius 1 is 0.235 bits per heavy atom. The van der Waals surface area contributed by atoms with E-state index in [2.05, 4.69) is 289 Å². The summed E-state index contributed by atoms with van der Waals surface area (Å²) in [7, 11) is 0. The largest absolute Gasteiger partial charge is 0.310 e. The van der Waals surface area contributed by atoms with Gasteiger partial charge in [-0.15, -0.1) is 0 Å². The number of para-hydroxylation sites is 3. The summed E-state index contributed by atoms with van der Waals surface area (Å²) in [6, 6.07) is 101. The van der Waals surface area contributed by atoms with Gasteiger partial charge in [-0.1, -0.05) is 212 Å². The zero-order valence-corrected chi connectivity index (χ0v) is 37.5. The minimum Gasteiger partial charge on any atom is -0.310 e. The average molecular weight is 867 g/mol. The Morgan fingerprint density at radius 2 is 0.647 bits per heavy atom. The minimum atomic E-state index is 1.06. The van der Waals surface area contributed by atoms with Crippen LogP contribution in [0.25, 0.3) is 94.3 Å². The smallest absolute Gasteiger partial charge is 0.0561 e. The molecule has 1 aromatic heterocycles. The van der Waals surface area contributed by atoms with Crippen molar-refractivity contribution in [3.63, 3.8) is 0 Å². The van der Waals surface area contributed by atoms with Gasteiger partial charge in [0.25, 0.3) is 0 Å². The fraction of sp³-hybridized carbons (Fsp3) is 0. The van der Waals surface area contributed by atoms with Gasteiger partial charge >= 0.3 is 0 Å². The van der Waals surface area contributed by atoms with E-state index in [1.807, 2.05) is 0 Å². The highest BCUT2D eigenvalue weighted by atomic mass is 15.1. The van der Waals surface area contributed by atoms with Crippen molar-refractivity contribution in [1.82, 2.24) is 4.57 Å². The second-order valence-electron chi connectivity index (χ2n) is 17.3. The zero-order chi connectivity index (χ0) is 45.2. The van der Waals surface area contributed by atoms with Crippen LogP contribution in [0.3, 0.4) is 0 Å². The van der Waals surface area contributed by atoms with Crippen LogP contribution >= 0.6 is 0 Å². The maximum absolute atomic E-state index is 2.45. The molecular formula is C66H46N2. The molecule has 0 saturated carbocycles. The van der Waals surface area contributed by atoms with Crippen molar-refractivity contribution in [2.24, 2.45) is 0 Å². The van der Waals surface area contributed by atoms with Crippen molar-refractivity contribution in [3.8, 4) is 72.4 Å². The van der Waals surface area contributed by atoms with Crippen molar-refractivity contribution in [3.05, 3.63) is 279 Å². The van der Waals surface area contributed by atoms with Crippen LogP contribution in [0.1, 0.15) is 0 Å². The van der Waals surface area contributed by atoms with Crippen LogP contribution in [0.2, 0.25) is 0 Å². The Kier molecular flexibility index (Phi) is 10.6. The molecule has 0 saturated heterocycles. The van der Waals surface area contributed by atoms with E-state index in [1.165, 1.54) is 71.9 Å². The van der Waals surface area contributed by atoms with E-state index in [0.717, 1.165) is 39.4 Å². The van der Waals surface area contributed by atoms with Gasteiger partial charge in [0, 0.05) is 33.4 Å². The first-order valence-electron chi connectivity index (χ1n) is 23.3. The molecule has 12 rings (SSSR count). The predicted octanol–water partition coefficient (Wildman–Crippen LogP) is 18.3. The van der Waals surface area contributed by atoms with Crippen LogP contribution in [0.5, 0.6) is 0 Å². The van der Waals surface area contributed by atoms with E-state index in [0.29, 0.717) is 0 Å². The van der Waals surface area contributed by atoms with Crippen molar-refractivity contribution in [1.29, 1.82) is 0 Å². The first kappa shape index (κ1) is 40.5. The molecule has 0 atom stereocenters. The summed E-state index contributed by atoms with van der Waals surface area (Å²) in [5.41, 5.74) is 20.9. The molecule has 0 radical (unpaired) electrons. The Balaban J connectivity index is 1.06. The lowest BCUT2D eigenvalue weighted by Gasteiger charge is -2.29. The molecule has 0 spiro atoms. The van der Waals surface area contributed by atoms with Gasteiger partial charge in [-0.2, -0.15) is 0 Å². The average Bonchev–Trinajstić information content (AvgIpc) is 3.76. The van der Waals surface area contributed by atoms with Crippen molar-refractivity contribution >= 4 is 38.9 Å². The van der Waals surface area contributed by atoms with Crippen molar-refractivity contribution in [2.75, 3.05) is 4.90 Å². The summed E-state index contributed by atoms with van der Waals surface area (Å²) in [5, 5.41) is 2.44. The van der Waals surface area contributed by atoms with Gasteiger partial charge in [0.05, 0.1) is 16.7 Å². The zero-order valence-electron chi connectivity index (χ0n) is 37.5. The predicted molar refractivity (Wildman–Crippen MR) is 288 cm³/mol. The molecule has 320 valence electrons. The Morgan fingerprint density at radius 3 is 1.25 bits per heavy atom. The SMILES string of the molecule is c1ccc(-c2cc(-c3ccccc3)cc(-c3ccc(N(c4ccc5c6ccccc6n(-c6ccccc6)c5c4)c4ccccc4-c4ccccc4-c4ccccc4-c4ccccc4)cc3)c2)cc1. The highest BCUT2D eigenvalue weighted by Crippen LogP contribution is 2.47. The van der Waals surface area contributed by atoms with Gasteiger partial charge in [-0.05, 0) is 128 Å². The lowest BCUT2D eigenvalue weighted by Crippen LogP contribution is -2.11. The summed E-state index contributed by atoms with van der Waals surface area (Å²) < 4.78 is 2.40. The topological polar surface area (TPSA) is 8.17 Å². The van der Waals surface area contributed by atoms with E-state index in [4.69, 9.17) is 0 Å². The van der Waals surface area contributed by atoms with Crippen LogP contribution in [0.15, 0.2) is 279 Å². The molecular weight excluding hydrogens is 821 g/mol. The highest BCUT2D eigenvalue weighted by Gasteiger charge is 2.22. The van der Waals surface area contributed by atoms with Crippen LogP contribution in [-0.2, 0) is 0 Å². The number of nitrogens with zero attached hydrogens (tertiary/aromatic N) is 2. The third-order valence-electron chi connectivity index (χ3n) is 13.2. The number of hydrogen-bond acceptors (Lipinski definition) is 1. The molecule has 0 fully saturated rings. The second-order valence-corrected chi connectivity index (χ2v) is 17.3. The van der Waals surface area contributed by atoms with Crippen LogP contribution < -0.4 is 4.90 Å². The molecule has 0 aliphatic rings. The molecule has 11 aromatic carbocycles. The van der Waals surface area contributed by atoms with Gasteiger partial charge in [0.15, 0.2) is 0 Å². The first-order chi connectivity index (χ1) is 33.7. The van der Waals surface area contributed by atoms with Crippen LogP contribution in [0.4, 0.5) is 17.1 Å². The summed E-state index contributed by atoms with van der Waals surface area (Å²) in [5.74, 6) is 0. The van der Waals surface area contributed by atoms with E-state index in [9.17, 15) is 0 Å². The Bertz CT molecular complexity index is 3650. The van der Waals surface area contributed by atoms with Gasteiger partial charge < -0.3 is 9.47 Å². The van der Waals surface area contributed by atoms with Gasteiger partial charge in [-0.3, -0.25) is 0 Å². The highest BCUT2D eigenvalue weighted by molar-refractivity contribution is 6.10. The van der Waals surface area contributed by atoms with Crippen molar-refractivity contribution in [2.45, 2.75) is 0 Å². The molecule has 12 aromatic rings. The van der Waals surface area contributed by atoms with E-state index in [1.54, 1.807) is 0 Å². The molecule has 2 heteroatoms. The molecule has 0 unspecified atom stereocenters. The van der Waals surface area contributed by atoms with E-state index >= 15 is 0 Å². The van der Waals surface area contributed by atoms with E-state index in [-0.39, 0.29) is 0 Å². The Labute approximate surface area is 397 Å².